The van der Waals surface area contributed by atoms with Gasteiger partial charge >= 0.3 is 0 Å². The maximum absolute atomic E-state index is 15.5. The Bertz CT molecular complexity index is 2510. The summed E-state index contributed by atoms with van der Waals surface area (Å²) in [7, 11) is 1.45. The normalized spacial score (nSPS) is 24.9. The van der Waals surface area contributed by atoms with Gasteiger partial charge in [0.1, 0.15) is 0 Å². The van der Waals surface area contributed by atoms with Crippen LogP contribution in [0.25, 0.3) is 0 Å². The van der Waals surface area contributed by atoms with E-state index in [1.54, 1.807) is 18.2 Å². The third kappa shape index (κ3) is 5.79. The van der Waals surface area contributed by atoms with Crippen LogP contribution in [0, 0.1) is 30.6 Å². The van der Waals surface area contributed by atoms with Crippen molar-refractivity contribution in [1.82, 2.24) is 5.01 Å². The van der Waals surface area contributed by atoms with Crippen molar-refractivity contribution in [2.45, 2.75) is 31.1 Å². The first kappa shape index (κ1) is 37.8. The number of halogens is 2. The van der Waals surface area contributed by atoms with Gasteiger partial charge in [-0.25, -0.2) is 0 Å². The zero-order valence-electron chi connectivity index (χ0n) is 31.5. The molecule has 0 bridgehead atoms. The molecule has 5 aromatic rings. The molecule has 0 aromatic heterocycles. The molecule has 4 amide bonds. The predicted octanol–water partition coefficient (Wildman–Crippen LogP) is 9.17. The number of hydrogen-bond acceptors (Lipinski definition) is 8. The molecule has 0 spiro atoms. The quantitative estimate of drug-likeness (QED) is 0.104. The number of hydrazine groups is 1. The van der Waals surface area contributed by atoms with Gasteiger partial charge in [-0.1, -0.05) is 77.9 Å². The van der Waals surface area contributed by atoms with Gasteiger partial charge in [0.25, 0.3) is 11.8 Å². The van der Waals surface area contributed by atoms with Crippen molar-refractivity contribution in [2.24, 2.45) is 23.7 Å². The van der Waals surface area contributed by atoms with Gasteiger partial charge in [0.05, 0.1) is 46.1 Å². The third-order valence-corrected chi connectivity index (χ3v) is 14.4. The number of phenols is 1. The molecule has 2 aliphatic heterocycles. The summed E-state index contributed by atoms with van der Waals surface area (Å²) in [6, 6.07) is 35.3. The van der Waals surface area contributed by atoms with Crippen LogP contribution in [0.5, 0.6) is 11.5 Å². The lowest BCUT2D eigenvalue weighted by Crippen LogP contribution is -2.53. The first-order valence-corrected chi connectivity index (χ1v) is 20.6. The number of phenolic OH excluding ortho intramolecular Hbond substituents is 1. The number of aromatic hydroxyl groups is 1. The number of rotatable bonds is 8. The van der Waals surface area contributed by atoms with Crippen LogP contribution in [0.1, 0.15) is 35.4 Å². The number of nitrogens with zero attached hydrogens (tertiary/aromatic N) is 2. The number of carbonyl (C=O) groups is 4. The van der Waals surface area contributed by atoms with Crippen LogP contribution in [0.15, 0.2) is 136 Å². The zero-order valence-corrected chi connectivity index (χ0v) is 34.7. The second-order valence-electron chi connectivity index (χ2n) is 15.3. The molecule has 4 aliphatic rings. The fourth-order valence-electron chi connectivity index (χ4n) is 9.71. The number of allylic oxidation sites excluding steroid dienone is 2. The van der Waals surface area contributed by atoms with Crippen molar-refractivity contribution in [3.63, 3.8) is 0 Å². The molecule has 3 N–H and O–H groups in total. The van der Waals surface area contributed by atoms with Gasteiger partial charge in [-0.2, -0.15) is 5.01 Å². The van der Waals surface area contributed by atoms with E-state index < -0.39 is 46.8 Å². The van der Waals surface area contributed by atoms with Gasteiger partial charge in [0, 0.05) is 21.8 Å². The molecular weight excluding hydrogens is 864 g/mol. The Balaban J connectivity index is 1.18. The summed E-state index contributed by atoms with van der Waals surface area (Å²) in [6.07, 6.45) is 2.42. The lowest BCUT2D eigenvalue weighted by molar-refractivity contribution is -0.138. The van der Waals surface area contributed by atoms with Crippen molar-refractivity contribution < 1.29 is 29.0 Å². The zero-order chi connectivity index (χ0) is 40.5. The van der Waals surface area contributed by atoms with Gasteiger partial charge in [-0.05, 0) is 123 Å². The van der Waals surface area contributed by atoms with Crippen LogP contribution < -0.4 is 20.4 Å². The molecule has 6 unspecified atom stereocenters. The SMILES string of the molecule is COc1cc(C2C3=CCC4C(=O)N(c5ccc(Nc6ccccc6)cc5)C(=O)C4C3CC3C(=O)N(Nc4ccc(C)cc4)C(=O)C32c2ccccc2)c(Br)c(Br)c1O. The van der Waals surface area contributed by atoms with Crippen molar-refractivity contribution in [3.05, 3.63) is 153 Å². The van der Waals surface area contributed by atoms with Crippen LogP contribution in [-0.4, -0.2) is 40.9 Å². The van der Waals surface area contributed by atoms with Gasteiger partial charge in [-0.3, -0.25) is 29.5 Å². The highest BCUT2D eigenvalue weighted by Crippen LogP contribution is 2.65. The Morgan fingerprint density at radius 3 is 2.07 bits per heavy atom. The van der Waals surface area contributed by atoms with Gasteiger partial charge in [-0.15, -0.1) is 0 Å². The van der Waals surface area contributed by atoms with E-state index in [-0.39, 0.29) is 36.2 Å². The van der Waals surface area contributed by atoms with E-state index in [1.807, 2.05) is 110 Å². The Morgan fingerprint density at radius 2 is 1.40 bits per heavy atom. The molecule has 0 radical (unpaired) electrons. The predicted molar refractivity (Wildman–Crippen MR) is 228 cm³/mol. The summed E-state index contributed by atoms with van der Waals surface area (Å²) in [6.45, 7) is 1.96. The fourth-order valence-corrected chi connectivity index (χ4v) is 10.7. The highest BCUT2D eigenvalue weighted by atomic mass is 79.9. The molecule has 2 aliphatic carbocycles. The van der Waals surface area contributed by atoms with E-state index in [9.17, 15) is 14.7 Å². The highest BCUT2D eigenvalue weighted by molar-refractivity contribution is 9.13. The lowest BCUT2D eigenvalue weighted by Gasteiger charge is -2.51. The van der Waals surface area contributed by atoms with Crippen LogP contribution in [0.2, 0.25) is 0 Å². The minimum Gasteiger partial charge on any atom is -0.503 e. The van der Waals surface area contributed by atoms with E-state index in [1.165, 1.54) is 12.0 Å². The summed E-state index contributed by atoms with van der Waals surface area (Å²) in [5.41, 5.74) is 7.39. The second kappa shape index (κ2) is 14.6. The van der Waals surface area contributed by atoms with Gasteiger partial charge in [0.2, 0.25) is 11.8 Å². The van der Waals surface area contributed by atoms with Gasteiger partial charge in [0.15, 0.2) is 11.5 Å². The number of anilines is 4. The number of nitrogens with one attached hydrogen (secondary N) is 2. The molecule has 12 heteroatoms. The third-order valence-electron chi connectivity index (χ3n) is 12.3. The number of carbonyl (C=O) groups excluding carboxylic acids is 4. The largest absolute Gasteiger partial charge is 0.503 e. The minimum absolute atomic E-state index is 0.137. The Kier molecular flexibility index (Phi) is 9.51. The van der Waals surface area contributed by atoms with Crippen molar-refractivity contribution >= 4 is 78.2 Å². The Hall–Kier alpha value is -5.72. The topological polar surface area (TPSA) is 128 Å². The minimum atomic E-state index is -1.50. The number of fused-ring (bicyclic) bond motifs is 4. The van der Waals surface area contributed by atoms with E-state index in [2.05, 4.69) is 42.6 Å². The summed E-state index contributed by atoms with van der Waals surface area (Å²) < 4.78 is 6.44. The summed E-state index contributed by atoms with van der Waals surface area (Å²) in [5, 5.41) is 15.6. The van der Waals surface area contributed by atoms with Crippen LogP contribution in [0.4, 0.5) is 22.7 Å². The molecule has 292 valence electrons. The molecule has 3 fully saturated rings. The number of imide groups is 2. The molecule has 1 saturated carbocycles. The summed E-state index contributed by atoms with van der Waals surface area (Å²) in [5.74, 6) is -5.29. The monoisotopic (exact) mass is 900 g/mol. The molecule has 2 saturated heterocycles. The molecule has 2 heterocycles. The fraction of sp³-hybridized carbons (Fsp3) is 0.217. The van der Waals surface area contributed by atoms with Crippen LogP contribution in [-0.2, 0) is 24.6 Å². The van der Waals surface area contributed by atoms with Gasteiger partial charge < -0.3 is 15.2 Å². The molecule has 10 nitrogen and oxygen atoms in total. The average molecular weight is 903 g/mol. The Labute approximate surface area is 352 Å². The lowest BCUT2D eigenvalue weighted by atomic mass is 9.49. The Morgan fingerprint density at radius 1 is 0.759 bits per heavy atom. The standard InChI is InChI=1S/C46H38Br2N4O6/c1-25-13-15-29(16-14-25)50-52-43(55)35-23-33-31(38(34-24-36(58-2)41(53)40(48)39(34)47)46(35,45(52)57)26-9-5-3-6-10-26)21-22-32-37(33)44(56)51(42(32)54)30-19-17-28(18-20-30)49-27-11-7-4-8-12-27/h3-21,24,32-33,35,37-38,49-50,53H,22-23H2,1-2H3. The number of ether oxygens (including phenoxy) is 1. The number of para-hydroxylation sites is 1. The maximum Gasteiger partial charge on any atom is 0.260 e. The second-order valence-corrected chi connectivity index (χ2v) is 16.9. The van der Waals surface area contributed by atoms with E-state index in [0.717, 1.165) is 27.5 Å². The smallest absolute Gasteiger partial charge is 0.260 e. The number of aryl methyl sites for hydroxylation is 1. The molecule has 58 heavy (non-hydrogen) atoms. The van der Waals surface area contributed by atoms with Crippen molar-refractivity contribution in [3.8, 4) is 11.5 Å². The van der Waals surface area contributed by atoms with E-state index >= 15 is 9.59 Å². The van der Waals surface area contributed by atoms with Crippen molar-refractivity contribution in [1.29, 1.82) is 0 Å². The summed E-state index contributed by atoms with van der Waals surface area (Å²) in [4.78, 5) is 61.0. The van der Waals surface area contributed by atoms with Crippen LogP contribution >= 0.6 is 31.9 Å². The number of methoxy groups -OCH3 is 1. The maximum atomic E-state index is 15.5. The molecule has 5 aromatic carbocycles. The first-order chi connectivity index (χ1) is 28.0. The highest BCUT2D eigenvalue weighted by Gasteiger charge is 2.70. The number of benzene rings is 5. The number of amides is 4. The average Bonchev–Trinajstić information content (AvgIpc) is 3.62. The molecule has 6 atom stereocenters. The van der Waals surface area contributed by atoms with E-state index in [0.29, 0.717) is 31.4 Å². The summed E-state index contributed by atoms with van der Waals surface area (Å²) >= 11 is 7.30. The first-order valence-electron chi connectivity index (χ1n) is 19.1. The number of hydrogen-bond donors (Lipinski definition) is 3. The van der Waals surface area contributed by atoms with E-state index in [4.69, 9.17) is 4.74 Å². The molecule has 9 rings (SSSR count). The van der Waals surface area contributed by atoms with Crippen molar-refractivity contribution in [2.75, 3.05) is 22.8 Å². The molecular formula is C46H38Br2N4O6. The van der Waals surface area contributed by atoms with Crippen LogP contribution in [0.3, 0.4) is 0 Å².